The summed E-state index contributed by atoms with van der Waals surface area (Å²) in [5.41, 5.74) is -0.309. The van der Waals surface area contributed by atoms with Gasteiger partial charge in [0.25, 0.3) is 0 Å². The van der Waals surface area contributed by atoms with Crippen molar-refractivity contribution in [3.63, 3.8) is 0 Å². The topological polar surface area (TPSA) is 20.2 Å². The molecule has 1 aliphatic rings. The van der Waals surface area contributed by atoms with Gasteiger partial charge in [0, 0.05) is 12.2 Å². The Bertz CT molecular complexity index is 449. The van der Waals surface area contributed by atoms with Gasteiger partial charge < -0.3 is 5.11 Å². The van der Waals surface area contributed by atoms with E-state index < -0.39 is 11.4 Å². The molecule has 0 bridgehead atoms. The van der Waals surface area contributed by atoms with Crippen LogP contribution in [0, 0.1) is 11.2 Å². The van der Waals surface area contributed by atoms with Gasteiger partial charge in [-0.05, 0) is 29.2 Å². The first kappa shape index (κ1) is 14.2. The summed E-state index contributed by atoms with van der Waals surface area (Å²) in [5.74, 6) is 1.32. The first-order valence-electron chi connectivity index (χ1n) is 6.09. The standard InChI is InChI=1S/C14H18ClFOS/c1-13(2)6-7-18-9-14(13,17)8-10-4-3-5-11(16)12(10)15/h3-5,17H,6-9H2,1-2H3. The lowest BCUT2D eigenvalue weighted by Crippen LogP contribution is -2.51. The predicted octanol–water partition coefficient (Wildman–Crippen LogP) is 3.92. The van der Waals surface area contributed by atoms with Gasteiger partial charge in [-0.2, -0.15) is 11.8 Å². The fourth-order valence-corrected chi connectivity index (χ4v) is 4.11. The molecule has 1 unspecified atom stereocenters. The Hall–Kier alpha value is -0.250. The van der Waals surface area contributed by atoms with Crippen LogP contribution in [-0.2, 0) is 6.42 Å². The second kappa shape index (κ2) is 5.03. The molecule has 1 saturated heterocycles. The molecule has 1 N–H and O–H groups in total. The van der Waals surface area contributed by atoms with Crippen molar-refractivity contribution in [2.24, 2.45) is 5.41 Å². The molecule has 0 amide bonds. The van der Waals surface area contributed by atoms with E-state index in [-0.39, 0.29) is 10.4 Å². The molecule has 0 spiro atoms. The zero-order valence-electron chi connectivity index (χ0n) is 10.7. The van der Waals surface area contributed by atoms with Crippen LogP contribution in [0.1, 0.15) is 25.8 Å². The molecular formula is C14H18ClFOS. The fraction of sp³-hybridized carbons (Fsp3) is 0.571. The van der Waals surface area contributed by atoms with Crippen molar-refractivity contribution in [2.75, 3.05) is 11.5 Å². The smallest absolute Gasteiger partial charge is 0.142 e. The largest absolute Gasteiger partial charge is 0.388 e. The highest BCUT2D eigenvalue weighted by Crippen LogP contribution is 2.44. The zero-order chi connectivity index (χ0) is 13.4. The number of benzene rings is 1. The highest BCUT2D eigenvalue weighted by molar-refractivity contribution is 7.99. The molecule has 18 heavy (non-hydrogen) atoms. The first-order valence-corrected chi connectivity index (χ1v) is 7.62. The minimum Gasteiger partial charge on any atom is -0.388 e. The van der Waals surface area contributed by atoms with Gasteiger partial charge in [-0.15, -0.1) is 0 Å². The molecule has 1 atom stereocenters. The molecule has 1 aromatic carbocycles. The van der Waals surface area contributed by atoms with Gasteiger partial charge in [-0.25, -0.2) is 4.39 Å². The molecule has 0 aliphatic carbocycles. The quantitative estimate of drug-likeness (QED) is 0.890. The third-order valence-corrected chi connectivity index (χ3v) is 5.58. The molecule has 0 saturated carbocycles. The van der Waals surface area contributed by atoms with Crippen LogP contribution in [0.25, 0.3) is 0 Å². The summed E-state index contributed by atoms with van der Waals surface area (Å²) in [5, 5.41) is 11.0. The van der Waals surface area contributed by atoms with Crippen molar-refractivity contribution in [1.29, 1.82) is 0 Å². The summed E-state index contributed by atoms with van der Waals surface area (Å²) < 4.78 is 13.4. The Morgan fingerprint density at radius 3 is 2.83 bits per heavy atom. The van der Waals surface area contributed by atoms with E-state index in [0.717, 1.165) is 12.2 Å². The van der Waals surface area contributed by atoms with E-state index >= 15 is 0 Å². The number of hydrogen-bond acceptors (Lipinski definition) is 2. The van der Waals surface area contributed by atoms with Gasteiger partial charge in [-0.3, -0.25) is 0 Å². The second-order valence-electron chi connectivity index (χ2n) is 5.61. The monoisotopic (exact) mass is 288 g/mol. The third-order valence-electron chi connectivity index (χ3n) is 3.99. The van der Waals surface area contributed by atoms with E-state index in [0.29, 0.717) is 17.7 Å². The lowest BCUT2D eigenvalue weighted by atomic mass is 9.70. The Morgan fingerprint density at radius 2 is 2.17 bits per heavy atom. The summed E-state index contributed by atoms with van der Waals surface area (Å²) in [4.78, 5) is 0. The predicted molar refractivity (Wildman–Crippen MR) is 75.8 cm³/mol. The van der Waals surface area contributed by atoms with Crippen molar-refractivity contribution in [3.05, 3.63) is 34.6 Å². The molecule has 100 valence electrons. The van der Waals surface area contributed by atoms with Gasteiger partial charge in [-0.1, -0.05) is 37.6 Å². The number of aliphatic hydroxyl groups is 1. The van der Waals surface area contributed by atoms with Crippen LogP contribution in [0.2, 0.25) is 5.02 Å². The highest BCUT2D eigenvalue weighted by atomic mass is 35.5. The average Bonchev–Trinajstić information content (AvgIpc) is 2.29. The average molecular weight is 289 g/mol. The van der Waals surface area contributed by atoms with Crippen LogP contribution < -0.4 is 0 Å². The molecule has 4 heteroatoms. The summed E-state index contributed by atoms with van der Waals surface area (Å²) >= 11 is 7.72. The van der Waals surface area contributed by atoms with Gasteiger partial charge in [0.15, 0.2) is 0 Å². The molecule has 1 heterocycles. The second-order valence-corrected chi connectivity index (χ2v) is 7.09. The lowest BCUT2D eigenvalue weighted by Gasteiger charge is -2.46. The van der Waals surface area contributed by atoms with Crippen molar-refractivity contribution < 1.29 is 9.50 Å². The molecule has 1 aromatic rings. The maximum Gasteiger partial charge on any atom is 0.142 e. The molecule has 1 nitrogen and oxygen atoms in total. The number of hydrogen-bond donors (Lipinski definition) is 1. The molecule has 0 radical (unpaired) electrons. The van der Waals surface area contributed by atoms with Crippen LogP contribution in [0.4, 0.5) is 4.39 Å². The number of rotatable bonds is 2. The Morgan fingerprint density at radius 1 is 1.44 bits per heavy atom. The van der Waals surface area contributed by atoms with Crippen LogP contribution in [-0.4, -0.2) is 22.2 Å². The summed E-state index contributed by atoms with van der Waals surface area (Å²) in [6, 6.07) is 4.78. The van der Waals surface area contributed by atoms with Crippen LogP contribution in [0.15, 0.2) is 18.2 Å². The highest BCUT2D eigenvalue weighted by Gasteiger charge is 2.45. The van der Waals surface area contributed by atoms with Crippen molar-refractivity contribution in [1.82, 2.24) is 0 Å². The fourth-order valence-electron chi connectivity index (χ4n) is 2.29. The molecule has 1 aliphatic heterocycles. The van der Waals surface area contributed by atoms with Gasteiger partial charge in [0.05, 0.1) is 10.6 Å². The van der Waals surface area contributed by atoms with Crippen molar-refractivity contribution in [3.8, 4) is 0 Å². The van der Waals surface area contributed by atoms with E-state index in [1.807, 2.05) is 0 Å². The SMILES string of the molecule is CC1(C)CCSCC1(O)Cc1cccc(F)c1Cl. The number of halogens is 2. The molecule has 2 rings (SSSR count). The third kappa shape index (κ3) is 2.54. The molecular weight excluding hydrogens is 271 g/mol. The maximum absolute atomic E-state index is 13.4. The van der Waals surface area contributed by atoms with Gasteiger partial charge >= 0.3 is 0 Å². The molecule has 1 fully saturated rings. The summed E-state index contributed by atoms with van der Waals surface area (Å²) in [6.07, 6.45) is 1.37. The Kier molecular flexibility index (Phi) is 3.96. The van der Waals surface area contributed by atoms with E-state index in [1.54, 1.807) is 23.9 Å². The Balaban J connectivity index is 2.29. The minimum atomic E-state index is -0.826. The summed E-state index contributed by atoms with van der Waals surface area (Å²) in [7, 11) is 0. The molecule has 0 aromatic heterocycles. The van der Waals surface area contributed by atoms with E-state index in [4.69, 9.17) is 11.6 Å². The zero-order valence-corrected chi connectivity index (χ0v) is 12.2. The Labute approximate surface area is 117 Å². The number of thioether (sulfide) groups is 1. The maximum atomic E-state index is 13.4. The lowest BCUT2D eigenvalue weighted by molar-refractivity contribution is -0.0513. The minimum absolute atomic E-state index is 0.136. The normalized spacial score (nSPS) is 27.2. The van der Waals surface area contributed by atoms with Crippen molar-refractivity contribution >= 4 is 23.4 Å². The summed E-state index contributed by atoms with van der Waals surface area (Å²) in [6.45, 7) is 4.14. The van der Waals surface area contributed by atoms with Gasteiger partial charge in [0.2, 0.25) is 0 Å². The van der Waals surface area contributed by atoms with Crippen LogP contribution in [0.5, 0.6) is 0 Å². The van der Waals surface area contributed by atoms with E-state index in [2.05, 4.69) is 13.8 Å². The van der Waals surface area contributed by atoms with Gasteiger partial charge in [0.1, 0.15) is 5.82 Å². The first-order chi connectivity index (χ1) is 8.36. The van der Waals surface area contributed by atoms with Crippen molar-refractivity contribution in [2.45, 2.75) is 32.3 Å². The van der Waals surface area contributed by atoms with Crippen LogP contribution in [0.3, 0.4) is 0 Å². The van der Waals surface area contributed by atoms with E-state index in [9.17, 15) is 9.50 Å². The van der Waals surface area contributed by atoms with E-state index in [1.165, 1.54) is 6.07 Å². The van der Waals surface area contributed by atoms with Crippen LogP contribution >= 0.6 is 23.4 Å².